The molecule has 3 rings (SSSR count). The molecule has 26 heavy (non-hydrogen) atoms. The summed E-state index contributed by atoms with van der Waals surface area (Å²) in [5, 5.41) is 0.476. The second kappa shape index (κ2) is 8.01. The predicted molar refractivity (Wildman–Crippen MR) is 104 cm³/mol. The zero-order chi connectivity index (χ0) is 18.6. The Bertz CT molecular complexity index is 946. The Balaban J connectivity index is 1.97. The Kier molecular flexibility index (Phi) is 5.74. The van der Waals surface area contributed by atoms with Gasteiger partial charge < -0.3 is 5.73 Å². The molecular formula is C20H19ClN2O2S. The molecule has 0 aliphatic carbocycles. The fourth-order valence-electron chi connectivity index (χ4n) is 2.73. The van der Waals surface area contributed by atoms with E-state index in [0.29, 0.717) is 5.02 Å². The van der Waals surface area contributed by atoms with Crippen molar-refractivity contribution >= 4 is 21.6 Å². The summed E-state index contributed by atoms with van der Waals surface area (Å²) in [6.07, 6.45) is 0. The molecule has 0 spiro atoms. The lowest BCUT2D eigenvalue weighted by atomic mass is 9.95. The largest absolute Gasteiger partial charge is 0.322 e. The van der Waals surface area contributed by atoms with Gasteiger partial charge in [0, 0.05) is 5.02 Å². The lowest BCUT2D eigenvalue weighted by Crippen LogP contribution is -2.36. The highest BCUT2D eigenvalue weighted by atomic mass is 35.5. The minimum Gasteiger partial charge on any atom is -0.322 e. The van der Waals surface area contributed by atoms with Crippen molar-refractivity contribution in [1.82, 2.24) is 4.72 Å². The highest BCUT2D eigenvalue weighted by Crippen LogP contribution is 2.28. The molecule has 3 N–H and O–H groups in total. The molecule has 6 heteroatoms. The smallest absolute Gasteiger partial charge is 0.241 e. The van der Waals surface area contributed by atoms with Gasteiger partial charge in [0.05, 0.1) is 17.0 Å². The van der Waals surface area contributed by atoms with E-state index in [0.717, 1.165) is 11.1 Å². The number of nitrogens with one attached hydrogen (secondary N) is 1. The Hall–Kier alpha value is -2.18. The number of benzene rings is 3. The molecule has 4 nitrogen and oxygen atoms in total. The van der Waals surface area contributed by atoms with Crippen LogP contribution in [0.2, 0.25) is 5.02 Å². The van der Waals surface area contributed by atoms with E-state index in [1.165, 1.54) is 12.1 Å². The summed E-state index contributed by atoms with van der Waals surface area (Å²) in [7, 11) is -3.77. The van der Waals surface area contributed by atoms with E-state index in [1.54, 1.807) is 12.1 Å². The van der Waals surface area contributed by atoms with Crippen LogP contribution in [0.5, 0.6) is 0 Å². The number of rotatable bonds is 6. The normalized spacial score (nSPS) is 13.9. The molecule has 0 saturated heterocycles. The van der Waals surface area contributed by atoms with E-state index in [4.69, 9.17) is 17.3 Å². The standard InChI is InChI=1S/C20H19ClN2O2S/c21-17-11-13-18(14-12-17)26(24,25)23-20(16-9-5-2-6-10-16)19(22)15-7-3-1-4-8-15/h1-14,19-20,23H,22H2/t19-,20-/m0/s1. The Morgan fingerprint density at radius 2 is 1.27 bits per heavy atom. The van der Waals surface area contributed by atoms with Gasteiger partial charge in [0.2, 0.25) is 10.0 Å². The maximum Gasteiger partial charge on any atom is 0.241 e. The summed E-state index contributed by atoms with van der Waals surface area (Å²) < 4.78 is 28.5. The van der Waals surface area contributed by atoms with Gasteiger partial charge in [-0.25, -0.2) is 13.1 Å². The van der Waals surface area contributed by atoms with Crippen LogP contribution in [-0.2, 0) is 10.0 Å². The molecule has 3 aromatic rings. The maximum atomic E-state index is 12.9. The Morgan fingerprint density at radius 1 is 0.769 bits per heavy atom. The topological polar surface area (TPSA) is 72.2 Å². The molecule has 0 fully saturated rings. The van der Waals surface area contributed by atoms with Gasteiger partial charge >= 0.3 is 0 Å². The first-order valence-corrected chi connectivity index (χ1v) is 9.97. The fourth-order valence-corrected chi connectivity index (χ4v) is 4.10. The fraction of sp³-hybridized carbons (Fsp3) is 0.100. The molecule has 0 radical (unpaired) electrons. The van der Waals surface area contributed by atoms with Crippen LogP contribution in [0, 0.1) is 0 Å². The van der Waals surface area contributed by atoms with Crippen LogP contribution < -0.4 is 10.5 Å². The molecule has 134 valence electrons. The number of nitrogens with two attached hydrogens (primary N) is 1. The molecule has 2 atom stereocenters. The van der Waals surface area contributed by atoms with Crippen molar-refractivity contribution in [3.8, 4) is 0 Å². The van der Waals surface area contributed by atoms with Gasteiger partial charge in [-0.3, -0.25) is 0 Å². The average molecular weight is 387 g/mol. The van der Waals surface area contributed by atoms with Crippen molar-refractivity contribution in [2.45, 2.75) is 17.0 Å². The van der Waals surface area contributed by atoms with Crippen LogP contribution in [0.4, 0.5) is 0 Å². The van der Waals surface area contributed by atoms with Crippen LogP contribution >= 0.6 is 11.6 Å². The second-order valence-electron chi connectivity index (χ2n) is 5.90. The molecule has 0 aliphatic rings. The summed E-state index contributed by atoms with van der Waals surface area (Å²) in [6, 6.07) is 23.6. The first kappa shape index (κ1) is 18.6. The van der Waals surface area contributed by atoms with Crippen LogP contribution in [-0.4, -0.2) is 8.42 Å². The van der Waals surface area contributed by atoms with Gasteiger partial charge in [-0.2, -0.15) is 0 Å². The van der Waals surface area contributed by atoms with Crippen LogP contribution in [0.1, 0.15) is 23.2 Å². The van der Waals surface area contributed by atoms with Crippen molar-refractivity contribution in [2.75, 3.05) is 0 Å². The number of hydrogen-bond donors (Lipinski definition) is 2. The molecule has 3 aromatic carbocycles. The lowest BCUT2D eigenvalue weighted by molar-refractivity contribution is 0.504. The van der Waals surface area contributed by atoms with E-state index in [-0.39, 0.29) is 4.90 Å². The third-order valence-corrected chi connectivity index (χ3v) is 5.82. The van der Waals surface area contributed by atoms with Crippen LogP contribution in [0.15, 0.2) is 89.8 Å². The summed E-state index contributed by atoms with van der Waals surface area (Å²) >= 11 is 5.86. The van der Waals surface area contributed by atoms with Crippen LogP contribution in [0.3, 0.4) is 0 Å². The SMILES string of the molecule is N[C@@H](c1ccccc1)[C@@H](NS(=O)(=O)c1ccc(Cl)cc1)c1ccccc1. The summed E-state index contributed by atoms with van der Waals surface area (Å²) in [5.74, 6) is 0. The van der Waals surface area contributed by atoms with E-state index in [1.807, 2.05) is 60.7 Å². The first-order chi connectivity index (χ1) is 12.5. The van der Waals surface area contributed by atoms with Crippen molar-refractivity contribution in [3.05, 3.63) is 101 Å². The maximum absolute atomic E-state index is 12.9. The van der Waals surface area contributed by atoms with Crippen molar-refractivity contribution in [1.29, 1.82) is 0 Å². The highest BCUT2D eigenvalue weighted by molar-refractivity contribution is 7.89. The van der Waals surface area contributed by atoms with Gasteiger partial charge in [-0.15, -0.1) is 0 Å². The summed E-state index contributed by atoms with van der Waals surface area (Å²) in [5.41, 5.74) is 8.07. The van der Waals surface area contributed by atoms with Crippen molar-refractivity contribution in [3.63, 3.8) is 0 Å². The second-order valence-corrected chi connectivity index (χ2v) is 8.05. The zero-order valence-electron chi connectivity index (χ0n) is 13.9. The van der Waals surface area contributed by atoms with E-state index < -0.39 is 22.1 Å². The first-order valence-electron chi connectivity index (χ1n) is 8.11. The van der Waals surface area contributed by atoms with Gasteiger partial charge in [-0.05, 0) is 35.4 Å². The van der Waals surface area contributed by atoms with E-state index >= 15 is 0 Å². The van der Waals surface area contributed by atoms with Gasteiger partial charge in [0.25, 0.3) is 0 Å². The van der Waals surface area contributed by atoms with Gasteiger partial charge in [0.1, 0.15) is 0 Å². The molecule has 0 bridgehead atoms. The molecular weight excluding hydrogens is 368 g/mol. The van der Waals surface area contributed by atoms with Crippen molar-refractivity contribution in [2.24, 2.45) is 5.73 Å². The number of sulfonamides is 1. The third-order valence-electron chi connectivity index (χ3n) is 4.11. The van der Waals surface area contributed by atoms with E-state index in [2.05, 4.69) is 4.72 Å². The van der Waals surface area contributed by atoms with Crippen LogP contribution in [0.25, 0.3) is 0 Å². The Morgan fingerprint density at radius 3 is 1.81 bits per heavy atom. The average Bonchev–Trinajstić information content (AvgIpc) is 2.67. The molecule has 0 saturated carbocycles. The minimum absolute atomic E-state index is 0.142. The van der Waals surface area contributed by atoms with Crippen molar-refractivity contribution < 1.29 is 8.42 Å². The van der Waals surface area contributed by atoms with Gasteiger partial charge in [-0.1, -0.05) is 72.3 Å². The Labute approximate surface area is 158 Å². The van der Waals surface area contributed by atoms with Gasteiger partial charge in [0.15, 0.2) is 0 Å². The third kappa shape index (κ3) is 4.31. The number of halogens is 1. The number of hydrogen-bond acceptors (Lipinski definition) is 3. The molecule has 0 unspecified atom stereocenters. The quantitative estimate of drug-likeness (QED) is 0.671. The predicted octanol–water partition coefficient (Wildman–Crippen LogP) is 4.06. The molecule has 0 amide bonds. The van der Waals surface area contributed by atoms with E-state index in [9.17, 15) is 8.42 Å². The monoisotopic (exact) mass is 386 g/mol. The molecule has 0 heterocycles. The lowest BCUT2D eigenvalue weighted by Gasteiger charge is -2.26. The minimum atomic E-state index is -3.77. The summed E-state index contributed by atoms with van der Waals surface area (Å²) in [6.45, 7) is 0. The molecule has 0 aliphatic heterocycles. The highest BCUT2D eigenvalue weighted by Gasteiger charge is 2.27. The molecule has 0 aromatic heterocycles. The zero-order valence-corrected chi connectivity index (χ0v) is 15.5. The summed E-state index contributed by atoms with van der Waals surface area (Å²) in [4.78, 5) is 0.142.